The molecule has 1 atom stereocenters. The van der Waals surface area contributed by atoms with Crippen molar-refractivity contribution in [2.24, 2.45) is 11.1 Å². The average molecular weight is 290 g/mol. The van der Waals surface area contributed by atoms with Crippen molar-refractivity contribution in [2.45, 2.75) is 39.8 Å². The first-order valence-electron chi connectivity index (χ1n) is 7.09. The Labute approximate surface area is 124 Å². The summed E-state index contributed by atoms with van der Waals surface area (Å²) in [7, 11) is 0. The van der Waals surface area contributed by atoms with E-state index in [0.717, 1.165) is 17.5 Å². The first-order chi connectivity index (χ1) is 9.70. The van der Waals surface area contributed by atoms with Crippen molar-refractivity contribution in [3.63, 3.8) is 0 Å². The van der Waals surface area contributed by atoms with Crippen molar-refractivity contribution in [2.75, 3.05) is 6.54 Å². The fourth-order valence-corrected chi connectivity index (χ4v) is 2.45. The van der Waals surface area contributed by atoms with Gasteiger partial charge < -0.3 is 15.7 Å². The fourth-order valence-electron chi connectivity index (χ4n) is 2.45. The summed E-state index contributed by atoms with van der Waals surface area (Å²) >= 11 is 0. The third-order valence-corrected chi connectivity index (χ3v) is 3.98. The normalized spacial score (nSPS) is 16.3. The second-order valence-electron chi connectivity index (χ2n) is 6.64. The molecule has 0 unspecified atom stereocenters. The Balaban J connectivity index is 2.20. The van der Waals surface area contributed by atoms with Gasteiger partial charge in [-0.3, -0.25) is 4.79 Å². The van der Waals surface area contributed by atoms with Crippen LogP contribution in [0.4, 0.5) is 0 Å². The molecule has 1 aromatic carbocycles. The standard InChI is InChI=1S/C16H22N2O3/c1-16(2,3)13(17)14(19)18-7-6-10-4-5-11(15(20)21)8-12(10)9-18/h4-5,8,13H,6-7,9,17H2,1-3H3,(H,20,21)/t13-/m0/s1. The number of nitrogens with zero attached hydrogens (tertiary/aromatic N) is 1. The molecule has 0 bridgehead atoms. The number of amides is 1. The minimum Gasteiger partial charge on any atom is -0.478 e. The van der Waals surface area contributed by atoms with E-state index in [1.54, 1.807) is 17.0 Å². The zero-order valence-electron chi connectivity index (χ0n) is 12.7. The lowest BCUT2D eigenvalue weighted by Crippen LogP contribution is -2.51. The van der Waals surface area contributed by atoms with Crippen molar-refractivity contribution >= 4 is 11.9 Å². The first-order valence-corrected chi connectivity index (χ1v) is 7.09. The van der Waals surface area contributed by atoms with Crippen LogP contribution >= 0.6 is 0 Å². The predicted molar refractivity (Wildman–Crippen MR) is 80.0 cm³/mol. The van der Waals surface area contributed by atoms with Gasteiger partial charge in [0.15, 0.2) is 0 Å². The molecule has 0 fully saturated rings. The molecule has 1 heterocycles. The topological polar surface area (TPSA) is 83.6 Å². The van der Waals surface area contributed by atoms with Gasteiger partial charge in [-0.15, -0.1) is 0 Å². The zero-order chi connectivity index (χ0) is 15.8. The lowest BCUT2D eigenvalue weighted by Gasteiger charge is -2.35. The van der Waals surface area contributed by atoms with Gasteiger partial charge in [0.25, 0.3) is 0 Å². The smallest absolute Gasteiger partial charge is 0.335 e. The Morgan fingerprint density at radius 1 is 1.29 bits per heavy atom. The molecular weight excluding hydrogens is 268 g/mol. The first kappa shape index (κ1) is 15.5. The van der Waals surface area contributed by atoms with E-state index >= 15 is 0 Å². The summed E-state index contributed by atoms with van der Waals surface area (Å²) < 4.78 is 0. The maximum Gasteiger partial charge on any atom is 0.335 e. The van der Waals surface area contributed by atoms with Crippen molar-refractivity contribution in [3.05, 3.63) is 34.9 Å². The van der Waals surface area contributed by atoms with E-state index in [0.29, 0.717) is 13.1 Å². The van der Waals surface area contributed by atoms with Crippen molar-refractivity contribution in [3.8, 4) is 0 Å². The largest absolute Gasteiger partial charge is 0.478 e. The average Bonchev–Trinajstić information content (AvgIpc) is 2.43. The van der Waals surface area contributed by atoms with Gasteiger partial charge in [-0.05, 0) is 35.1 Å². The van der Waals surface area contributed by atoms with E-state index in [1.165, 1.54) is 0 Å². The summed E-state index contributed by atoms with van der Waals surface area (Å²) in [4.78, 5) is 25.2. The summed E-state index contributed by atoms with van der Waals surface area (Å²) in [6.45, 7) is 6.88. The summed E-state index contributed by atoms with van der Waals surface area (Å²) in [5, 5.41) is 9.06. The van der Waals surface area contributed by atoms with Crippen LogP contribution in [0.3, 0.4) is 0 Å². The number of rotatable bonds is 2. The van der Waals surface area contributed by atoms with Crippen molar-refractivity contribution < 1.29 is 14.7 Å². The van der Waals surface area contributed by atoms with E-state index < -0.39 is 12.0 Å². The van der Waals surface area contributed by atoms with Crippen LogP contribution in [0.25, 0.3) is 0 Å². The van der Waals surface area contributed by atoms with Crippen molar-refractivity contribution in [1.82, 2.24) is 4.90 Å². The van der Waals surface area contributed by atoms with E-state index in [-0.39, 0.29) is 16.9 Å². The highest BCUT2D eigenvalue weighted by Crippen LogP contribution is 2.24. The van der Waals surface area contributed by atoms with Gasteiger partial charge in [0.1, 0.15) is 0 Å². The Morgan fingerprint density at radius 3 is 2.52 bits per heavy atom. The molecule has 21 heavy (non-hydrogen) atoms. The molecule has 0 radical (unpaired) electrons. The number of benzene rings is 1. The van der Waals surface area contributed by atoms with Crippen LogP contribution in [-0.4, -0.2) is 34.5 Å². The van der Waals surface area contributed by atoms with Gasteiger partial charge in [0, 0.05) is 13.1 Å². The quantitative estimate of drug-likeness (QED) is 0.867. The minimum absolute atomic E-state index is 0.0751. The number of fused-ring (bicyclic) bond motifs is 1. The molecule has 3 N–H and O–H groups in total. The predicted octanol–water partition coefficient (Wildman–Crippen LogP) is 1.64. The van der Waals surface area contributed by atoms with Crippen LogP contribution in [0.15, 0.2) is 18.2 Å². The van der Waals surface area contributed by atoms with E-state index in [2.05, 4.69) is 0 Å². The minimum atomic E-state index is -0.951. The zero-order valence-corrected chi connectivity index (χ0v) is 12.7. The van der Waals surface area contributed by atoms with Crippen molar-refractivity contribution in [1.29, 1.82) is 0 Å². The van der Waals surface area contributed by atoms with Gasteiger partial charge >= 0.3 is 5.97 Å². The molecule has 1 aromatic rings. The second-order valence-corrected chi connectivity index (χ2v) is 6.64. The van der Waals surface area contributed by atoms with Gasteiger partial charge in [-0.2, -0.15) is 0 Å². The van der Waals surface area contributed by atoms with Crippen LogP contribution < -0.4 is 5.73 Å². The maximum absolute atomic E-state index is 12.5. The molecule has 0 spiro atoms. The van der Waals surface area contributed by atoms with Crippen LogP contribution in [0, 0.1) is 5.41 Å². The molecule has 1 aliphatic heterocycles. The second kappa shape index (κ2) is 5.48. The van der Waals surface area contributed by atoms with E-state index in [1.807, 2.05) is 26.8 Å². The molecule has 114 valence electrons. The molecule has 0 saturated carbocycles. The molecule has 0 aliphatic carbocycles. The molecule has 1 amide bonds. The van der Waals surface area contributed by atoms with Crippen LogP contribution in [-0.2, 0) is 17.8 Å². The number of carboxylic acids is 1. The Bertz CT molecular complexity index is 575. The molecule has 1 aliphatic rings. The summed E-state index contributed by atoms with van der Waals surface area (Å²) in [5.41, 5.74) is 8.00. The van der Waals surface area contributed by atoms with Gasteiger partial charge in [0.05, 0.1) is 11.6 Å². The maximum atomic E-state index is 12.5. The molecule has 2 rings (SSSR count). The lowest BCUT2D eigenvalue weighted by molar-refractivity contribution is -0.135. The van der Waals surface area contributed by atoms with Crippen LogP contribution in [0.5, 0.6) is 0 Å². The number of carbonyl (C=O) groups excluding carboxylic acids is 1. The van der Waals surface area contributed by atoms with Gasteiger partial charge in [-0.25, -0.2) is 4.79 Å². The number of hydrogen-bond acceptors (Lipinski definition) is 3. The number of aromatic carboxylic acids is 1. The van der Waals surface area contributed by atoms with Crippen LogP contribution in [0.1, 0.15) is 42.3 Å². The van der Waals surface area contributed by atoms with Gasteiger partial charge in [0.2, 0.25) is 5.91 Å². The Kier molecular flexibility index (Phi) is 4.05. The van der Waals surface area contributed by atoms with Crippen LogP contribution in [0.2, 0.25) is 0 Å². The number of nitrogens with two attached hydrogens (primary N) is 1. The molecule has 5 heteroatoms. The number of hydrogen-bond donors (Lipinski definition) is 2. The SMILES string of the molecule is CC(C)(C)[C@@H](N)C(=O)N1CCc2ccc(C(=O)O)cc2C1. The van der Waals surface area contributed by atoms with Gasteiger partial charge in [-0.1, -0.05) is 26.8 Å². The summed E-state index contributed by atoms with van der Waals surface area (Å²) in [6, 6.07) is 4.55. The molecule has 0 saturated heterocycles. The molecular formula is C16H22N2O3. The fraction of sp³-hybridized carbons (Fsp3) is 0.500. The highest BCUT2D eigenvalue weighted by Gasteiger charge is 2.32. The monoisotopic (exact) mass is 290 g/mol. The van der Waals surface area contributed by atoms with E-state index in [4.69, 9.17) is 10.8 Å². The Morgan fingerprint density at radius 2 is 1.95 bits per heavy atom. The highest BCUT2D eigenvalue weighted by atomic mass is 16.4. The van der Waals surface area contributed by atoms with E-state index in [9.17, 15) is 9.59 Å². The highest BCUT2D eigenvalue weighted by molar-refractivity contribution is 5.88. The number of carboxylic acid groups (broad SMARTS) is 1. The third-order valence-electron chi connectivity index (χ3n) is 3.98. The lowest BCUT2D eigenvalue weighted by atomic mass is 9.86. The summed E-state index contributed by atoms with van der Waals surface area (Å²) in [5.74, 6) is -1.03. The number of carbonyl (C=O) groups is 2. The third kappa shape index (κ3) is 3.24. The molecule has 5 nitrogen and oxygen atoms in total. The Hall–Kier alpha value is -1.88. The molecule has 0 aromatic heterocycles. The summed E-state index contributed by atoms with van der Waals surface area (Å²) in [6.07, 6.45) is 0.734.